The zero-order valence-electron chi connectivity index (χ0n) is 9.10. The van der Waals surface area contributed by atoms with Crippen LogP contribution in [0.1, 0.15) is 0 Å². The lowest BCUT2D eigenvalue weighted by Crippen LogP contribution is -2.60. The monoisotopic (exact) mass is 212 g/mol. The lowest BCUT2D eigenvalue weighted by molar-refractivity contribution is -0.152. The smallest absolute Gasteiger partial charge is 0.311 e. The number of likely N-dealkylation sites (tertiary alicyclic amines) is 2. The molecule has 2 heterocycles. The van der Waals surface area contributed by atoms with Crippen molar-refractivity contribution in [2.24, 2.45) is 11.3 Å². The Morgan fingerprint density at radius 1 is 1.47 bits per heavy atom. The Morgan fingerprint density at radius 3 is 2.60 bits per heavy atom. The van der Waals surface area contributed by atoms with E-state index in [0.29, 0.717) is 13.1 Å². The Labute approximate surface area is 89.0 Å². The molecule has 5 heteroatoms. The van der Waals surface area contributed by atoms with E-state index in [1.54, 1.807) is 4.90 Å². The highest BCUT2D eigenvalue weighted by atomic mass is 16.5. The Bertz CT molecular complexity index is 286. The molecule has 1 spiro atoms. The van der Waals surface area contributed by atoms with E-state index in [4.69, 9.17) is 4.74 Å². The van der Waals surface area contributed by atoms with Crippen LogP contribution in [-0.4, -0.2) is 62.5 Å². The largest absolute Gasteiger partial charge is 0.469 e. The number of ether oxygens (including phenoxy) is 1. The van der Waals surface area contributed by atoms with Crippen LogP contribution >= 0.6 is 0 Å². The van der Waals surface area contributed by atoms with Crippen molar-refractivity contribution in [2.45, 2.75) is 0 Å². The first-order valence-electron chi connectivity index (χ1n) is 5.07. The molecule has 0 aromatic carbocycles. The maximum absolute atomic E-state index is 11.6. The molecule has 5 nitrogen and oxygen atoms in total. The van der Waals surface area contributed by atoms with E-state index >= 15 is 0 Å². The van der Waals surface area contributed by atoms with Crippen molar-refractivity contribution in [1.29, 1.82) is 0 Å². The quantitative estimate of drug-likeness (QED) is 0.443. The van der Waals surface area contributed by atoms with E-state index in [2.05, 4.69) is 4.90 Å². The van der Waals surface area contributed by atoms with Crippen molar-refractivity contribution in [2.75, 3.05) is 40.3 Å². The van der Waals surface area contributed by atoms with Crippen LogP contribution in [0.3, 0.4) is 0 Å². The summed E-state index contributed by atoms with van der Waals surface area (Å²) < 4.78 is 4.79. The van der Waals surface area contributed by atoms with Crippen molar-refractivity contribution in [3.63, 3.8) is 0 Å². The van der Waals surface area contributed by atoms with Gasteiger partial charge in [-0.05, 0) is 7.05 Å². The fraction of sp³-hybridized carbons (Fsp3) is 0.800. The molecule has 0 saturated carbocycles. The molecule has 2 rings (SSSR count). The first-order valence-corrected chi connectivity index (χ1v) is 5.07. The summed E-state index contributed by atoms with van der Waals surface area (Å²) in [6, 6.07) is 0. The van der Waals surface area contributed by atoms with E-state index in [1.165, 1.54) is 7.11 Å². The van der Waals surface area contributed by atoms with Crippen LogP contribution in [0.15, 0.2) is 0 Å². The summed E-state index contributed by atoms with van der Waals surface area (Å²) in [5, 5.41) is 0. The topological polar surface area (TPSA) is 49.9 Å². The number of esters is 1. The van der Waals surface area contributed by atoms with Crippen molar-refractivity contribution >= 4 is 12.4 Å². The Balaban J connectivity index is 2.13. The molecule has 84 valence electrons. The highest BCUT2D eigenvalue weighted by Gasteiger charge is 2.56. The SMILES string of the molecule is COC(=O)C1CN(C=O)CC12CN(C)C2. The molecular weight excluding hydrogens is 196 g/mol. The normalized spacial score (nSPS) is 28.9. The molecule has 0 N–H and O–H groups in total. The summed E-state index contributed by atoms with van der Waals surface area (Å²) in [5.41, 5.74) is -0.0528. The summed E-state index contributed by atoms with van der Waals surface area (Å²) in [6.45, 7) is 2.93. The van der Waals surface area contributed by atoms with E-state index < -0.39 is 0 Å². The third-order valence-corrected chi connectivity index (χ3v) is 3.48. The third-order valence-electron chi connectivity index (χ3n) is 3.48. The first-order chi connectivity index (χ1) is 7.11. The molecule has 15 heavy (non-hydrogen) atoms. The van der Waals surface area contributed by atoms with Gasteiger partial charge in [0.05, 0.1) is 13.0 Å². The number of nitrogens with zero attached hydrogens (tertiary/aromatic N) is 2. The molecule has 0 radical (unpaired) electrons. The van der Waals surface area contributed by atoms with Crippen LogP contribution in [0.5, 0.6) is 0 Å². The fourth-order valence-corrected chi connectivity index (χ4v) is 2.90. The maximum atomic E-state index is 11.6. The molecule has 0 aromatic rings. The number of amides is 1. The summed E-state index contributed by atoms with van der Waals surface area (Å²) in [5.74, 6) is -0.337. The second-order valence-electron chi connectivity index (χ2n) is 4.65. The van der Waals surface area contributed by atoms with Gasteiger partial charge >= 0.3 is 5.97 Å². The van der Waals surface area contributed by atoms with E-state index in [9.17, 15) is 9.59 Å². The molecule has 2 saturated heterocycles. The number of carbonyl (C=O) groups excluding carboxylic acids is 2. The van der Waals surface area contributed by atoms with Gasteiger partial charge in [-0.15, -0.1) is 0 Å². The van der Waals surface area contributed by atoms with Gasteiger partial charge in [0, 0.05) is 31.6 Å². The molecule has 0 aliphatic carbocycles. The number of rotatable bonds is 2. The molecule has 2 aliphatic heterocycles. The summed E-state index contributed by atoms with van der Waals surface area (Å²) >= 11 is 0. The van der Waals surface area contributed by atoms with Crippen molar-refractivity contribution < 1.29 is 14.3 Å². The van der Waals surface area contributed by atoms with E-state index in [1.807, 2.05) is 7.05 Å². The van der Waals surface area contributed by atoms with Gasteiger partial charge in [0.2, 0.25) is 6.41 Å². The molecule has 1 amide bonds. The third kappa shape index (κ3) is 1.51. The van der Waals surface area contributed by atoms with Crippen LogP contribution < -0.4 is 0 Å². The highest BCUT2D eigenvalue weighted by Crippen LogP contribution is 2.43. The predicted molar refractivity (Wildman–Crippen MR) is 53.1 cm³/mol. The van der Waals surface area contributed by atoms with Gasteiger partial charge in [0.1, 0.15) is 0 Å². The minimum absolute atomic E-state index is 0.0528. The van der Waals surface area contributed by atoms with Gasteiger partial charge in [-0.1, -0.05) is 0 Å². The average molecular weight is 212 g/mol. The van der Waals surface area contributed by atoms with E-state index in [-0.39, 0.29) is 17.3 Å². The minimum Gasteiger partial charge on any atom is -0.469 e. The second-order valence-corrected chi connectivity index (χ2v) is 4.65. The summed E-state index contributed by atoms with van der Waals surface area (Å²) in [7, 11) is 3.42. The van der Waals surface area contributed by atoms with Crippen LogP contribution in [0.25, 0.3) is 0 Å². The predicted octanol–water partition coefficient (Wildman–Crippen LogP) is -0.821. The second kappa shape index (κ2) is 3.48. The van der Waals surface area contributed by atoms with Crippen LogP contribution in [0.2, 0.25) is 0 Å². The highest BCUT2D eigenvalue weighted by molar-refractivity contribution is 5.75. The minimum atomic E-state index is -0.188. The molecule has 1 atom stereocenters. The van der Waals surface area contributed by atoms with Gasteiger partial charge in [0.25, 0.3) is 0 Å². The average Bonchev–Trinajstić information content (AvgIpc) is 2.56. The lowest BCUT2D eigenvalue weighted by atomic mass is 9.72. The zero-order chi connectivity index (χ0) is 11.1. The number of hydrogen-bond acceptors (Lipinski definition) is 4. The lowest BCUT2D eigenvalue weighted by Gasteiger charge is -2.48. The standard InChI is InChI=1S/C10H16N2O3/c1-11-4-10(5-11)6-12(7-13)3-8(10)9(14)15-2/h7-8H,3-6H2,1-2H3. The maximum Gasteiger partial charge on any atom is 0.311 e. The van der Waals surface area contributed by atoms with Crippen molar-refractivity contribution in [3.05, 3.63) is 0 Å². The molecule has 0 aromatic heterocycles. The van der Waals surface area contributed by atoms with Gasteiger partial charge in [0.15, 0.2) is 0 Å². The van der Waals surface area contributed by atoms with E-state index in [0.717, 1.165) is 19.5 Å². The molecular formula is C10H16N2O3. The fourth-order valence-electron chi connectivity index (χ4n) is 2.90. The van der Waals surface area contributed by atoms with Crippen molar-refractivity contribution in [1.82, 2.24) is 9.80 Å². The number of hydrogen-bond donors (Lipinski definition) is 0. The molecule has 1 unspecified atom stereocenters. The molecule has 2 fully saturated rings. The number of carbonyl (C=O) groups is 2. The Hall–Kier alpha value is -1.10. The van der Waals surface area contributed by atoms with Gasteiger partial charge in [-0.3, -0.25) is 9.59 Å². The van der Waals surface area contributed by atoms with Crippen molar-refractivity contribution in [3.8, 4) is 0 Å². The van der Waals surface area contributed by atoms with Gasteiger partial charge in [-0.2, -0.15) is 0 Å². The van der Waals surface area contributed by atoms with Crippen LogP contribution in [0.4, 0.5) is 0 Å². The van der Waals surface area contributed by atoms with Crippen LogP contribution in [0, 0.1) is 11.3 Å². The molecule has 2 aliphatic rings. The van der Waals surface area contributed by atoms with Crippen LogP contribution in [-0.2, 0) is 14.3 Å². The Kier molecular flexibility index (Phi) is 2.42. The molecule has 0 bridgehead atoms. The first kappa shape index (κ1) is 10.4. The summed E-state index contributed by atoms with van der Waals surface area (Å²) in [4.78, 5) is 26.2. The van der Waals surface area contributed by atoms with Gasteiger partial charge in [-0.25, -0.2) is 0 Å². The zero-order valence-corrected chi connectivity index (χ0v) is 9.10. The number of methoxy groups -OCH3 is 1. The van der Waals surface area contributed by atoms with Gasteiger partial charge < -0.3 is 14.5 Å². The summed E-state index contributed by atoms with van der Waals surface area (Å²) in [6.07, 6.45) is 0.822. The Morgan fingerprint density at radius 2 is 2.13 bits per heavy atom.